The van der Waals surface area contributed by atoms with E-state index in [1.54, 1.807) is 55.6 Å². The van der Waals surface area contributed by atoms with E-state index in [-0.39, 0.29) is 5.84 Å². The number of ether oxygens (including phenoxy) is 1. The fraction of sp³-hybridized carbons (Fsp3) is 0.0667. The lowest BCUT2D eigenvalue weighted by Crippen LogP contribution is -2.22. The summed E-state index contributed by atoms with van der Waals surface area (Å²) < 4.78 is 5.09. The van der Waals surface area contributed by atoms with E-state index in [1.165, 1.54) is 0 Å². The van der Waals surface area contributed by atoms with Crippen LogP contribution in [0.1, 0.15) is 5.56 Å². The van der Waals surface area contributed by atoms with Crippen molar-refractivity contribution in [1.29, 1.82) is 5.41 Å². The lowest BCUT2D eigenvalue weighted by atomic mass is 10.1. The van der Waals surface area contributed by atoms with Gasteiger partial charge >= 0.3 is 6.03 Å². The third-order valence-electron chi connectivity index (χ3n) is 2.79. The number of amides is 2. The van der Waals surface area contributed by atoms with Crippen LogP contribution >= 0.6 is 0 Å². The largest absolute Gasteiger partial charge is 0.497 e. The standard InChI is InChI=1S/C15H16N4O2/c1-21-11-6-4-5-10(9-11)18-15(20)19-13-8-3-2-7-12(13)14(16)17/h2-9H,1H3,(H3,16,17)(H2,18,19,20). The summed E-state index contributed by atoms with van der Waals surface area (Å²) in [5.41, 5.74) is 7.03. The van der Waals surface area contributed by atoms with Crippen LogP contribution in [0.2, 0.25) is 0 Å². The summed E-state index contributed by atoms with van der Waals surface area (Å²) in [5, 5.41) is 12.8. The van der Waals surface area contributed by atoms with Gasteiger partial charge in [-0.05, 0) is 24.3 Å². The number of methoxy groups -OCH3 is 1. The summed E-state index contributed by atoms with van der Waals surface area (Å²) in [6.07, 6.45) is 0. The predicted molar refractivity (Wildman–Crippen MR) is 83.1 cm³/mol. The van der Waals surface area contributed by atoms with Crippen molar-refractivity contribution < 1.29 is 9.53 Å². The molecule has 0 saturated heterocycles. The lowest BCUT2D eigenvalue weighted by Gasteiger charge is -2.11. The number of nitrogen functional groups attached to an aromatic ring is 1. The molecule has 6 heteroatoms. The molecule has 2 aromatic rings. The van der Waals surface area contributed by atoms with Crippen molar-refractivity contribution in [3.63, 3.8) is 0 Å². The maximum Gasteiger partial charge on any atom is 0.323 e. The second-order valence-corrected chi connectivity index (χ2v) is 4.27. The molecule has 0 radical (unpaired) electrons. The molecule has 0 aromatic heterocycles. The average Bonchev–Trinajstić information content (AvgIpc) is 2.47. The number of para-hydroxylation sites is 1. The monoisotopic (exact) mass is 284 g/mol. The van der Waals surface area contributed by atoms with Crippen LogP contribution in [0, 0.1) is 5.41 Å². The Balaban J connectivity index is 2.10. The minimum atomic E-state index is -0.419. The van der Waals surface area contributed by atoms with Crippen LogP contribution in [0.5, 0.6) is 5.75 Å². The van der Waals surface area contributed by atoms with Crippen molar-refractivity contribution in [3.05, 3.63) is 54.1 Å². The molecule has 0 spiro atoms. The van der Waals surface area contributed by atoms with Gasteiger partial charge in [0.25, 0.3) is 0 Å². The molecule has 21 heavy (non-hydrogen) atoms. The van der Waals surface area contributed by atoms with Crippen LogP contribution in [0.25, 0.3) is 0 Å². The second kappa shape index (κ2) is 6.42. The smallest absolute Gasteiger partial charge is 0.323 e. The lowest BCUT2D eigenvalue weighted by molar-refractivity contribution is 0.262. The van der Waals surface area contributed by atoms with Crippen molar-refractivity contribution >= 4 is 23.2 Å². The Bertz CT molecular complexity index is 670. The van der Waals surface area contributed by atoms with Crippen molar-refractivity contribution in [2.24, 2.45) is 5.73 Å². The molecule has 2 aromatic carbocycles. The van der Waals surface area contributed by atoms with Gasteiger partial charge in [-0.2, -0.15) is 0 Å². The number of carbonyl (C=O) groups excluding carboxylic acids is 1. The van der Waals surface area contributed by atoms with Gasteiger partial charge in [0.05, 0.1) is 12.8 Å². The van der Waals surface area contributed by atoms with Crippen LogP contribution in [-0.4, -0.2) is 19.0 Å². The summed E-state index contributed by atoms with van der Waals surface area (Å²) in [7, 11) is 1.56. The van der Waals surface area contributed by atoms with Crippen molar-refractivity contribution in [2.75, 3.05) is 17.7 Å². The van der Waals surface area contributed by atoms with E-state index in [1.807, 2.05) is 0 Å². The van der Waals surface area contributed by atoms with Crippen LogP contribution in [0.15, 0.2) is 48.5 Å². The molecule has 0 aliphatic heterocycles. The van der Waals surface area contributed by atoms with Crippen LogP contribution < -0.4 is 21.1 Å². The quantitative estimate of drug-likeness (QED) is 0.513. The predicted octanol–water partition coefficient (Wildman–Crippen LogP) is 2.62. The first-order valence-electron chi connectivity index (χ1n) is 6.25. The zero-order valence-electron chi connectivity index (χ0n) is 11.5. The Kier molecular flexibility index (Phi) is 4.40. The zero-order valence-corrected chi connectivity index (χ0v) is 11.5. The minimum absolute atomic E-state index is 0.104. The third kappa shape index (κ3) is 3.73. The number of nitrogens with two attached hydrogens (primary N) is 1. The van der Waals surface area contributed by atoms with E-state index >= 15 is 0 Å². The molecule has 0 unspecified atom stereocenters. The number of hydrogen-bond acceptors (Lipinski definition) is 3. The average molecular weight is 284 g/mol. The molecule has 0 aliphatic carbocycles. The van der Waals surface area contributed by atoms with Gasteiger partial charge in [-0.3, -0.25) is 5.41 Å². The van der Waals surface area contributed by atoms with Gasteiger partial charge in [-0.1, -0.05) is 18.2 Å². The Morgan fingerprint density at radius 1 is 1.14 bits per heavy atom. The summed E-state index contributed by atoms with van der Waals surface area (Å²) >= 11 is 0. The molecule has 0 heterocycles. The van der Waals surface area contributed by atoms with E-state index in [0.717, 1.165) is 0 Å². The second-order valence-electron chi connectivity index (χ2n) is 4.27. The van der Waals surface area contributed by atoms with E-state index in [9.17, 15) is 4.79 Å². The van der Waals surface area contributed by atoms with Gasteiger partial charge in [0, 0.05) is 17.3 Å². The first-order valence-corrected chi connectivity index (χ1v) is 6.25. The van der Waals surface area contributed by atoms with Gasteiger partial charge in [0.2, 0.25) is 0 Å². The molecule has 6 nitrogen and oxygen atoms in total. The van der Waals surface area contributed by atoms with Crippen molar-refractivity contribution in [1.82, 2.24) is 0 Å². The number of nitrogens with one attached hydrogen (secondary N) is 3. The van der Waals surface area contributed by atoms with Crippen molar-refractivity contribution in [2.45, 2.75) is 0 Å². The summed E-state index contributed by atoms with van der Waals surface area (Å²) in [5.74, 6) is 0.546. The zero-order chi connectivity index (χ0) is 15.2. The summed E-state index contributed by atoms with van der Waals surface area (Å²) in [6.45, 7) is 0. The van der Waals surface area contributed by atoms with Gasteiger partial charge in [-0.15, -0.1) is 0 Å². The fourth-order valence-electron chi connectivity index (χ4n) is 1.81. The summed E-state index contributed by atoms with van der Waals surface area (Å²) in [4.78, 5) is 12.0. The first kappa shape index (κ1) is 14.4. The van der Waals surface area contributed by atoms with Gasteiger partial charge in [0.1, 0.15) is 11.6 Å². The number of amidine groups is 1. The van der Waals surface area contributed by atoms with Crippen molar-refractivity contribution in [3.8, 4) is 5.75 Å². The van der Waals surface area contributed by atoms with Gasteiger partial charge in [0.15, 0.2) is 0 Å². The SMILES string of the molecule is COc1cccc(NC(=O)Nc2ccccc2C(=N)N)c1. The van der Waals surface area contributed by atoms with E-state index < -0.39 is 6.03 Å². The summed E-state index contributed by atoms with van der Waals surface area (Å²) in [6, 6.07) is 13.5. The molecule has 5 N–H and O–H groups in total. The van der Waals surface area contributed by atoms with Crippen LogP contribution in [-0.2, 0) is 0 Å². The Morgan fingerprint density at radius 2 is 1.90 bits per heavy atom. The highest BCUT2D eigenvalue weighted by molar-refractivity contribution is 6.06. The minimum Gasteiger partial charge on any atom is -0.497 e. The van der Waals surface area contributed by atoms with E-state index in [4.69, 9.17) is 15.9 Å². The Morgan fingerprint density at radius 3 is 2.62 bits per heavy atom. The molecule has 108 valence electrons. The first-order chi connectivity index (χ1) is 10.1. The number of hydrogen-bond donors (Lipinski definition) is 4. The molecule has 2 rings (SSSR count). The van der Waals surface area contributed by atoms with Crippen LogP contribution in [0.3, 0.4) is 0 Å². The normalized spacial score (nSPS) is 9.76. The highest BCUT2D eigenvalue weighted by atomic mass is 16.5. The van der Waals surface area contributed by atoms with Crippen LogP contribution in [0.4, 0.5) is 16.2 Å². The number of rotatable bonds is 4. The van der Waals surface area contributed by atoms with Gasteiger partial charge in [-0.25, -0.2) is 4.79 Å². The Labute approximate surface area is 122 Å². The number of benzene rings is 2. The molecule has 0 fully saturated rings. The molecule has 0 bridgehead atoms. The molecule has 0 saturated carbocycles. The van der Waals surface area contributed by atoms with E-state index in [0.29, 0.717) is 22.7 Å². The molecule has 2 amide bonds. The maximum atomic E-state index is 12.0. The molecular weight excluding hydrogens is 268 g/mol. The van der Waals surface area contributed by atoms with E-state index in [2.05, 4.69) is 10.6 Å². The molecular formula is C15H16N4O2. The fourth-order valence-corrected chi connectivity index (χ4v) is 1.81. The molecule has 0 atom stereocenters. The number of anilines is 2. The number of carbonyl (C=O) groups is 1. The third-order valence-corrected chi connectivity index (χ3v) is 2.79. The highest BCUT2D eigenvalue weighted by Crippen LogP contribution is 2.18. The van der Waals surface area contributed by atoms with Gasteiger partial charge < -0.3 is 21.1 Å². The molecule has 0 aliphatic rings. The Hall–Kier alpha value is -3.02. The maximum absolute atomic E-state index is 12.0. The topological polar surface area (TPSA) is 100 Å². The number of urea groups is 1. The highest BCUT2D eigenvalue weighted by Gasteiger charge is 2.08.